The van der Waals surface area contributed by atoms with Crippen LogP contribution in [0.4, 0.5) is 5.69 Å². The number of halogens is 2. The lowest BCUT2D eigenvalue weighted by molar-refractivity contribution is -0.154. The second-order valence-electron chi connectivity index (χ2n) is 8.22. The SMILES string of the molecule is Cc1cccc(NC(=O)COC(=O)CN2C(=O)[C@@H]3[C@H]4C[C@@H]([C@H](Cl)[C@@H]4Cl)[C@@H]3C2=O)c1C. The number of amides is 3. The molecule has 0 aromatic heterocycles. The summed E-state index contributed by atoms with van der Waals surface area (Å²) in [5.74, 6) is -3.44. The van der Waals surface area contributed by atoms with Crippen molar-refractivity contribution in [3.8, 4) is 0 Å². The van der Waals surface area contributed by atoms with E-state index in [1.165, 1.54) is 0 Å². The molecule has 0 unspecified atom stereocenters. The van der Waals surface area contributed by atoms with Crippen LogP contribution in [0.3, 0.4) is 0 Å². The minimum Gasteiger partial charge on any atom is -0.454 e. The number of imide groups is 1. The standard InChI is InChI=1S/C21H22Cl2N2O5/c1-9-4-3-5-13(10(9)2)24-14(26)8-30-15(27)7-25-20(28)16-11-6-12(17(16)21(25)29)19(23)18(11)22/h3-5,11-12,16-19H,6-8H2,1-2H3,(H,24,26)/t11-,12-,16-,17+,18-,19+/m1/s1. The molecule has 2 saturated carbocycles. The molecule has 0 spiro atoms. The average Bonchev–Trinajstić information content (AvgIpc) is 3.31. The fraction of sp³-hybridized carbons (Fsp3) is 0.524. The Hall–Kier alpha value is -2.12. The highest BCUT2D eigenvalue weighted by molar-refractivity contribution is 6.31. The fourth-order valence-electron chi connectivity index (χ4n) is 4.96. The Bertz CT molecular complexity index is 904. The molecule has 1 aliphatic heterocycles. The van der Waals surface area contributed by atoms with Crippen molar-refractivity contribution in [2.75, 3.05) is 18.5 Å². The van der Waals surface area contributed by atoms with Crippen LogP contribution in [0.25, 0.3) is 0 Å². The Morgan fingerprint density at radius 3 is 2.30 bits per heavy atom. The van der Waals surface area contributed by atoms with Gasteiger partial charge in [-0.05, 0) is 49.3 Å². The van der Waals surface area contributed by atoms with Crippen molar-refractivity contribution in [2.24, 2.45) is 23.7 Å². The summed E-state index contributed by atoms with van der Waals surface area (Å²) >= 11 is 12.6. The first-order chi connectivity index (χ1) is 14.2. The largest absolute Gasteiger partial charge is 0.454 e. The Labute approximate surface area is 184 Å². The fourth-order valence-corrected chi connectivity index (χ4v) is 5.85. The van der Waals surface area contributed by atoms with Gasteiger partial charge in [-0.15, -0.1) is 23.2 Å². The zero-order valence-corrected chi connectivity index (χ0v) is 18.1. The van der Waals surface area contributed by atoms with E-state index in [0.717, 1.165) is 16.0 Å². The van der Waals surface area contributed by atoms with E-state index in [9.17, 15) is 19.2 Å². The van der Waals surface area contributed by atoms with Gasteiger partial charge in [0.2, 0.25) is 11.8 Å². The molecular formula is C21H22Cl2N2O5. The van der Waals surface area contributed by atoms with Crippen LogP contribution in [-0.2, 0) is 23.9 Å². The van der Waals surface area contributed by atoms with E-state index in [1.54, 1.807) is 6.07 Å². The molecule has 0 radical (unpaired) electrons. The molecule has 7 nitrogen and oxygen atoms in total. The molecule has 3 amide bonds. The maximum atomic E-state index is 12.7. The summed E-state index contributed by atoms with van der Waals surface area (Å²) in [5, 5.41) is 1.98. The zero-order chi connectivity index (χ0) is 21.7. The lowest BCUT2D eigenvalue weighted by Crippen LogP contribution is -2.38. The van der Waals surface area contributed by atoms with Crippen LogP contribution in [-0.4, -0.2) is 52.5 Å². The van der Waals surface area contributed by atoms with Gasteiger partial charge < -0.3 is 10.1 Å². The van der Waals surface area contributed by atoms with Gasteiger partial charge in [0.05, 0.1) is 22.6 Å². The summed E-state index contributed by atoms with van der Waals surface area (Å²) in [7, 11) is 0. The summed E-state index contributed by atoms with van der Waals surface area (Å²) in [4.78, 5) is 50.7. The smallest absolute Gasteiger partial charge is 0.326 e. The molecule has 1 heterocycles. The number of esters is 1. The predicted octanol–water partition coefficient (Wildman–Crippen LogP) is 2.25. The van der Waals surface area contributed by atoms with E-state index in [-0.39, 0.29) is 22.6 Å². The van der Waals surface area contributed by atoms with Crippen LogP contribution < -0.4 is 5.32 Å². The van der Waals surface area contributed by atoms with E-state index < -0.39 is 48.7 Å². The molecule has 4 rings (SSSR count). The van der Waals surface area contributed by atoms with Crippen LogP contribution in [0, 0.1) is 37.5 Å². The monoisotopic (exact) mass is 452 g/mol. The summed E-state index contributed by atoms with van der Waals surface area (Å²) in [6.07, 6.45) is 0.659. The number of ether oxygens (including phenoxy) is 1. The van der Waals surface area contributed by atoms with Gasteiger partial charge in [0.25, 0.3) is 5.91 Å². The van der Waals surface area contributed by atoms with Crippen molar-refractivity contribution in [3.63, 3.8) is 0 Å². The van der Waals surface area contributed by atoms with Gasteiger partial charge in [0.15, 0.2) is 6.61 Å². The number of hydrogen-bond acceptors (Lipinski definition) is 5. The molecule has 2 bridgehead atoms. The highest BCUT2D eigenvalue weighted by atomic mass is 35.5. The van der Waals surface area contributed by atoms with Gasteiger partial charge in [-0.1, -0.05) is 12.1 Å². The van der Waals surface area contributed by atoms with E-state index in [2.05, 4.69) is 5.32 Å². The quantitative estimate of drug-likeness (QED) is 0.420. The van der Waals surface area contributed by atoms with Gasteiger partial charge in [-0.2, -0.15) is 0 Å². The lowest BCUT2D eigenvalue weighted by atomic mass is 9.80. The molecule has 1 aromatic rings. The number of fused-ring (bicyclic) bond motifs is 5. The van der Waals surface area contributed by atoms with E-state index >= 15 is 0 Å². The van der Waals surface area contributed by atoms with Gasteiger partial charge in [0, 0.05) is 5.69 Å². The van der Waals surface area contributed by atoms with Crippen LogP contribution >= 0.6 is 23.2 Å². The molecule has 1 saturated heterocycles. The van der Waals surface area contributed by atoms with E-state index in [1.807, 2.05) is 26.0 Å². The predicted molar refractivity (Wildman–Crippen MR) is 110 cm³/mol. The van der Waals surface area contributed by atoms with Gasteiger partial charge in [-0.25, -0.2) is 0 Å². The van der Waals surface area contributed by atoms with Gasteiger partial charge in [0.1, 0.15) is 6.54 Å². The summed E-state index contributed by atoms with van der Waals surface area (Å²) in [5.41, 5.74) is 2.58. The minimum absolute atomic E-state index is 0.148. The number of carbonyl (C=O) groups is 4. The molecule has 2 aliphatic carbocycles. The second-order valence-corrected chi connectivity index (χ2v) is 9.23. The van der Waals surface area contributed by atoms with Crippen molar-refractivity contribution < 1.29 is 23.9 Å². The number of likely N-dealkylation sites (tertiary alicyclic amines) is 1. The lowest BCUT2D eigenvalue weighted by Gasteiger charge is -2.28. The molecule has 160 valence electrons. The number of carbonyl (C=O) groups excluding carboxylic acids is 4. The number of anilines is 1. The maximum absolute atomic E-state index is 12.7. The Morgan fingerprint density at radius 2 is 1.70 bits per heavy atom. The summed E-state index contributed by atoms with van der Waals surface area (Å²) in [6, 6.07) is 5.50. The van der Waals surface area contributed by atoms with Crippen molar-refractivity contribution in [1.82, 2.24) is 4.90 Å². The molecule has 1 aromatic carbocycles. The molecule has 3 fully saturated rings. The van der Waals surface area contributed by atoms with Crippen LogP contribution in [0.1, 0.15) is 17.5 Å². The van der Waals surface area contributed by atoms with Crippen LogP contribution in [0.2, 0.25) is 0 Å². The third kappa shape index (κ3) is 3.38. The molecular weight excluding hydrogens is 431 g/mol. The number of benzene rings is 1. The number of nitrogens with zero attached hydrogens (tertiary/aromatic N) is 1. The van der Waals surface area contributed by atoms with Gasteiger partial charge in [-0.3, -0.25) is 24.1 Å². The first-order valence-corrected chi connectivity index (χ1v) is 10.7. The average molecular weight is 453 g/mol. The number of rotatable bonds is 5. The van der Waals surface area contributed by atoms with E-state index in [0.29, 0.717) is 12.1 Å². The number of hydrogen-bond donors (Lipinski definition) is 1. The third-order valence-electron chi connectivity index (χ3n) is 6.61. The Kier molecular flexibility index (Phi) is 5.53. The van der Waals surface area contributed by atoms with E-state index in [4.69, 9.17) is 27.9 Å². The minimum atomic E-state index is -0.815. The highest BCUT2D eigenvalue weighted by Gasteiger charge is 2.66. The van der Waals surface area contributed by atoms with Crippen molar-refractivity contribution in [1.29, 1.82) is 0 Å². The van der Waals surface area contributed by atoms with Crippen LogP contribution in [0.5, 0.6) is 0 Å². The number of aryl methyl sites for hydroxylation is 1. The van der Waals surface area contributed by atoms with Crippen molar-refractivity contribution >= 4 is 52.6 Å². The molecule has 3 aliphatic rings. The number of alkyl halides is 2. The first kappa shape index (κ1) is 21.1. The highest BCUT2D eigenvalue weighted by Crippen LogP contribution is 2.59. The Balaban J connectivity index is 1.33. The molecule has 6 atom stereocenters. The molecule has 1 N–H and O–H groups in total. The normalized spacial score (nSPS) is 31.8. The molecule has 30 heavy (non-hydrogen) atoms. The summed E-state index contributed by atoms with van der Waals surface area (Å²) in [6.45, 7) is 2.78. The zero-order valence-electron chi connectivity index (χ0n) is 16.6. The second kappa shape index (κ2) is 7.85. The Morgan fingerprint density at radius 1 is 1.10 bits per heavy atom. The van der Waals surface area contributed by atoms with Crippen LogP contribution in [0.15, 0.2) is 18.2 Å². The van der Waals surface area contributed by atoms with Crippen molar-refractivity contribution in [3.05, 3.63) is 29.3 Å². The summed E-state index contributed by atoms with van der Waals surface area (Å²) < 4.78 is 4.99. The number of nitrogens with one attached hydrogen (secondary N) is 1. The third-order valence-corrected chi connectivity index (χ3v) is 7.93. The maximum Gasteiger partial charge on any atom is 0.326 e. The van der Waals surface area contributed by atoms with Crippen molar-refractivity contribution in [2.45, 2.75) is 31.0 Å². The molecule has 9 heteroatoms. The first-order valence-electron chi connectivity index (χ1n) is 9.85. The van der Waals surface area contributed by atoms with Gasteiger partial charge >= 0.3 is 5.97 Å². The topological polar surface area (TPSA) is 92.8 Å².